The third kappa shape index (κ3) is 3.81. The molecular weight excluding hydrogens is 318 g/mol. The van der Waals surface area contributed by atoms with Gasteiger partial charge in [-0.2, -0.15) is 0 Å². The number of nitrogens with one attached hydrogen (secondary N) is 2. The quantitative estimate of drug-likeness (QED) is 0.871. The molecule has 0 atom stereocenters. The Labute approximate surface area is 126 Å². The second-order valence-electron chi connectivity index (χ2n) is 4.29. The third-order valence-corrected chi connectivity index (χ3v) is 3.17. The van der Waals surface area contributed by atoms with Crippen LogP contribution in [0.15, 0.2) is 47.1 Å². The summed E-state index contributed by atoms with van der Waals surface area (Å²) in [5.41, 5.74) is 1.29. The Morgan fingerprint density at radius 3 is 2.90 bits per heavy atom. The molecule has 0 unspecified atom stereocenters. The molecule has 20 heavy (non-hydrogen) atoms. The minimum Gasteiger partial charge on any atom is -0.369 e. The Morgan fingerprint density at radius 1 is 1.30 bits per heavy atom. The van der Waals surface area contributed by atoms with E-state index < -0.39 is 0 Å². The van der Waals surface area contributed by atoms with Crippen molar-refractivity contribution in [1.29, 1.82) is 0 Å². The zero-order valence-electron chi connectivity index (χ0n) is 11.2. The van der Waals surface area contributed by atoms with E-state index >= 15 is 0 Å². The number of carbonyl (C=O) groups is 1. The molecule has 5 heteroatoms. The third-order valence-electron chi connectivity index (χ3n) is 2.68. The highest BCUT2D eigenvalue weighted by atomic mass is 79.9. The summed E-state index contributed by atoms with van der Waals surface area (Å²) in [6, 6.07) is 11.0. The van der Waals surface area contributed by atoms with Crippen LogP contribution < -0.4 is 10.6 Å². The number of carbonyl (C=O) groups excluding carboxylic acids is 1. The van der Waals surface area contributed by atoms with Crippen molar-refractivity contribution in [3.63, 3.8) is 0 Å². The SMILES string of the molecule is CCCNc1ncccc1C(=O)Nc1cccc(Br)c1. The summed E-state index contributed by atoms with van der Waals surface area (Å²) in [4.78, 5) is 16.5. The average molecular weight is 334 g/mol. The van der Waals surface area contributed by atoms with E-state index in [1.54, 1.807) is 18.3 Å². The van der Waals surface area contributed by atoms with Gasteiger partial charge in [0.25, 0.3) is 5.91 Å². The van der Waals surface area contributed by atoms with Crippen molar-refractivity contribution in [3.8, 4) is 0 Å². The van der Waals surface area contributed by atoms with Gasteiger partial charge < -0.3 is 10.6 Å². The first-order valence-corrected chi connectivity index (χ1v) is 7.26. The fourth-order valence-electron chi connectivity index (χ4n) is 1.74. The molecule has 2 aromatic rings. The van der Waals surface area contributed by atoms with Crippen LogP contribution in [-0.4, -0.2) is 17.4 Å². The normalized spacial score (nSPS) is 10.1. The molecule has 1 amide bonds. The largest absolute Gasteiger partial charge is 0.369 e. The van der Waals surface area contributed by atoms with Crippen molar-refractivity contribution >= 4 is 33.3 Å². The molecule has 0 bridgehead atoms. The van der Waals surface area contributed by atoms with Crippen molar-refractivity contribution in [1.82, 2.24) is 4.98 Å². The summed E-state index contributed by atoms with van der Waals surface area (Å²) in [6.45, 7) is 2.85. The lowest BCUT2D eigenvalue weighted by molar-refractivity contribution is 0.102. The van der Waals surface area contributed by atoms with Crippen molar-refractivity contribution < 1.29 is 4.79 Å². The molecule has 1 aromatic heterocycles. The average Bonchev–Trinajstić information content (AvgIpc) is 2.45. The predicted molar refractivity (Wildman–Crippen MR) is 85.1 cm³/mol. The second kappa shape index (κ2) is 7.05. The number of hydrogen-bond acceptors (Lipinski definition) is 3. The van der Waals surface area contributed by atoms with Gasteiger partial charge in [0, 0.05) is 22.9 Å². The summed E-state index contributed by atoms with van der Waals surface area (Å²) in [6.07, 6.45) is 2.65. The monoisotopic (exact) mass is 333 g/mol. The molecule has 0 saturated heterocycles. The lowest BCUT2D eigenvalue weighted by Gasteiger charge is -2.10. The lowest BCUT2D eigenvalue weighted by atomic mass is 10.2. The number of pyridine rings is 1. The van der Waals surface area contributed by atoms with Crippen molar-refractivity contribution in [2.45, 2.75) is 13.3 Å². The van der Waals surface area contributed by atoms with Crippen LogP contribution in [0.3, 0.4) is 0 Å². The topological polar surface area (TPSA) is 54.0 Å². The lowest BCUT2D eigenvalue weighted by Crippen LogP contribution is -2.16. The number of nitrogens with zero attached hydrogens (tertiary/aromatic N) is 1. The van der Waals surface area contributed by atoms with Crippen LogP contribution in [0, 0.1) is 0 Å². The molecule has 1 heterocycles. The zero-order valence-corrected chi connectivity index (χ0v) is 12.8. The molecule has 0 aliphatic carbocycles. The Morgan fingerprint density at radius 2 is 2.15 bits per heavy atom. The maximum absolute atomic E-state index is 12.3. The summed E-state index contributed by atoms with van der Waals surface area (Å²) < 4.78 is 0.922. The first kappa shape index (κ1) is 14.5. The molecule has 0 aliphatic heterocycles. The van der Waals surface area contributed by atoms with Gasteiger partial charge in [0.05, 0.1) is 5.56 Å². The van der Waals surface area contributed by atoms with E-state index in [1.807, 2.05) is 24.3 Å². The van der Waals surface area contributed by atoms with Gasteiger partial charge >= 0.3 is 0 Å². The molecule has 2 N–H and O–H groups in total. The van der Waals surface area contributed by atoms with Gasteiger partial charge in [0.2, 0.25) is 0 Å². The smallest absolute Gasteiger partial charge is 0.259 e. The molecule has 0 aliphatic rings. The number of hydrogen-bond donors (Lipinski definition) is 2. The van der Waals surface area contributed by atoms with Gasteiger partial charge in [0.15, 0.2) is 0 Å². The molecular formula is C15H16BrN3O. The van der Waals surface area contributed by atoms with Crippen LogP contribution in [0.4, 0.5) is 11.5 Å². The van der Waals surface area contributed by atoms with E-state index in [1.165, 1.54) is 0 Å². The number of benzene rings is 1. The van der Waals surface area contributed by atoms with Gasteiger partial charge in [-0.15, -0.1) is 0 Å². The van der Waals surface area contributed by atoms with E-state index in [0.29, 0.717) is 11.4 Å². The summed E-state index contributed by atoms with van der Waals surface area (Å²) in [7, 11) is 0. The highest BCUT2D eigenvalue weighted by Gasteiger charge is 2.12. The van der Waals surface area contributed by atoms with Crippen LogP contribution in [-0.2, 0) is 0 Å². The van der Waals surface area contributed by atoms with Crippen molar-refractivity contribution in [3.05, 3.63) is 52.6 Å². The van der Waals surface area contributed by atoms with Crippen LogP contribution in [0.25, 0.3) is 0 Å². The van der Waals surface area contributed by atoms with Crippen LogP contribution in [0.2, 0.25) is 0 Å². The minimum absolute atomic E-state index is 0.171. The number of aromatic nitrogens is 1. The summed E-state index contributed by atoms with van der Waals surface area (Å²) >= 11 is 3.38. The summed E-state index contributed by atoms with van der Waals surface area (Å²) in [5.74, 6) is 0.441. The first-order valence-electron chi connectivity index (χ1n) is 6.46. The highest BCUT2D eigenvalue weighted by molar-refractivity contribution is 9.10. The van der Waals surface area contributed by atoms with Gasteiger partial charge in [-0.25, -0.2) is 4.98 Å². The maximum Gasteiger partial charge on any atom is 0.259 e. The van der Waals surface area contributed by atoms with Crippen LogP contribution in [0.1, 0.15) is 23.7 Å². The first-order chi connectivity index (χ1) is 9.70. The van der Waals surface area contributed by atoms with E-state index in [2.05, 4.69) is 38.5 Å². The molecule has 0 spiro atoms. The number of rotatable bonds is 5. The van der Waals surface area contributed by atoms with Gasteiger partial charge in [0.1, 0.15) is 5.82 Å². The van der Waals surface area contributed by atoms with E-state index in [0.717, 1.165) is 23.1 Å². The molecule has 0 radical (unpaired) electrons. The Bertz CT molecular complexity index is 601. The molecule has 104 valence electrons. The van der Waals surface area contributed by atoms with E-state index in [9.17, 15) is 4.79 Å². The summed E-state index contributed by atoms with van der Waals surface area (Å²) in [5, 5.41) is 6.03. The molecule has 2 rings (SSSR count). The predicted octanol–water partition coefficient (Wildman–Crippen LogP) is 3.92. The van der Waals surface area contributed by atoms with E-state index in [4.69, 9.17) is 0 Å². The highest BCUT2D eigenvalue weighted by Crippen LogP contribution is 2.18. The van der Waals surface area contributed by atoms with Crippen molar-refractivity contribution in [2.24, 2.45) is 0 Å². The molecule has 1 aromatic carbocycles. The van der Waals surface area contributed by atoms with E-state index in [-0.39, 0.29) is 5.91 Å². The second-order valence-corrected chi connectivity index (χ2v) is 5.21. The van der Waals surface area contributed by atoms with Gasteiger partial charge in [-0.05, 0) is 36.8 Å². The fraction of sp³-hybridized carbons (Fsp3) is 0.200. The van der Waals surface area contributed by atoms with Gasteiger partial charge in [-0.1, -0.05) is 28.9 Å². The maximum atomic E-state index is 12.3. The number of amides is 1. The number of halogens is 1. The molecule has 0 fully saturated rings. The minimum atomic E-state index is -0.171. The van der Waals surface area contributed by atoms with Gasteiger partial charge in [-0.3, -0.25) is 4.79 Å². The molecule has 0 saturated carbocycles. The Kier molecular flexibility index (Phi) is 5.12. The van der Waals surface area contributed by atoms with Crippen LogP contribution in [0.5, 0.6) is 0 Å². The fourth-order valence-corrected chi connectivity index (χ4v) is 2.14. The van der Waals surface area contributed by atoms with Crippen LogP contribution >= 0.6 is 15.9 Å². The standard InChI is InChI=1S/C15H16BrN3O/c1-2-8-17-14-13(7-4-9-18-14)15(20)19-12-6-3-5-11(16)10-12/h3-7,9-10H,2,8H2,1H3,(H,17,18)(H,19,20). The Hall–Kier alpha value is -1.88. The zero-order chi connectivity index (χ0) is 14.4. The Balaban J connectivity index is 2.16. The molecule has 4 nitrogen and oxygen atoms in total. The van der Waals surface area contributed by atoms with Crippen molar-refractivity contribution in [2.75, 3.05) is 17.2 Å². The number of anilines is 2.